The average molecular weight is 294 g/mol. The van der Waals surface area contributed by atoms with Gasteiger partial charge in [-0.1, -0.05) is 0 Å². The van der Waals surface area contributed by atoms with Gasteiger partial charge >= 0.3 is 0 Å². The Hall–Kier alpha value is -0.980. The molecule has 1 rings (SSSR count). The normalized spacial score (nSPS) is 11.3. The standard InChI is InChI=1S/C11H16ClNO4S/c1-16-10-3-4-11(17-2)9(7-10)8-13-18(14,15)6-5-12/h3-4,7,13H,5-6,8H2,1-2H3. The third-order valence-electron chi connectivity index (χ3n) is 2.32. The molecule has 5 nitrogen and oxygen atoms in total. The Morgan fingerprint density at radius 3 is 2.56 bits per heavy atom. The largest absolute Gasteiger partial charge is 0.497 e. The van der Waals surface area contributed by atoms with Crippen molar-refractivity contribution in [3.63, 3.8) is 0 Å². The molecule has 0 unspecified atom stereocenters. The number of alkyl halides is 1. The van der Waals surface area contributed by atoms with Crippen molar-refractivity contribution in [1.29, 1.82) is 0 Å². The van der Waals surface area contributed by atoms with E-state index in [0.29, 0.717) is 17.1 Å². The highest BCUT2D eigenvalue weighted by Crippen LogP contribution is 2.23. The van der Waals surface area contributed by atoms with E-state index in [1.807, 2.05) is 0 Å². The summed E-state index contributed by atoms with van der Waals surface area (Å²) in [4.78, 5) is 0. The Kier molecular flexibility index (Phi) is 5.71. The molecule has 0 saturated heterocycles. The summed E-state index contributed by atoms with van der Waals surface area (Å²) in [6.07, 6.45) is 0. The van der Waals surface area contributed by atoms with Crippen molar-refractivity contribution in [2.24, 2.45) is 0 Å². The van der Waals surface area contributed by atoms with E-state index < -0.39 is 10.0 Å². The van der Waals surface area contributed by atoms with Gasteiger partial charge in [0.1, 0.15) is 11.5 Å². The van der Waals surface area contributed by atoms with Gasteiger partial charge in [0, 0.05) is 18.0 Å². The smallest absolute Gasteiger partial charge is 0.213 e. The third kappa shape index (κ3) is 4.36. The van der Waals surface area contributed by atoms with E-state index in [2.05, 4.69) is 4.72 Å². The second-order valence-corrected chi connectivity index (χ2v) is 5.81. The molecular weight excluding hydrogens is 278 g/mol. The zero-order chi connectivity index (χ0) is 13.6. The molecule has 1 N–H and O–H groups in total. The Bertz CT molecular complexity index is 490. The van der Waals surface area contributed by atoms with Crippen molar-refractivity contribution in [1.82, 2.24) is 4.72 Å². The number of benzene rings is 1. The highest BCUT2D eigenvalue weighted by molar-refractivity contribution is 7.89. The highest BCUT2D eigenvalue weighted by Gasteiger charge is 2.11. The average Bonchev–Trinajstić information content (AvgIpc) is 2.36. The molecule has 1 aromatic rings. The summed E-state index contributed by atoms with van der Waals surface area (Å²) in [5.41, 5.74) is 0.704. The molecule has 0 atom stereocenters. The van der Waals surface area contributed by atoms with Crippen molar-refractivity contribution in [3.8, 4) is 11.5 Å². The molecule has 0 saturated carbocycles. The van der Waals surface area contributed by atoms with Crippen LogP contribution in [0.2, 0.25) is 0 Å². The minimum atomic E-state index is -3.35. The molecule has 0 aliphatic carbocycles. The van der Waals surface area contributed by atoms with E-state index >= 15 is 0 Å². The van der Waals surface area contributed by atoms with Crippen LogP contribution >= 0.6 is 11.6 Å². The van der Waals surface area contributed by atoms with E-state index in [9.17, 15) is 8.42 Å². The van der Waals surface area contributed by atoms with Gasteiger partial charge in [-0.25, -0.2) is 13.1 Å². The summed E-state index contributed by atoms with van der Waals surface area (Å²) in [6.45, 7) is 0.138. The number of halogens is 1. The van der Waals surface area contributed by atoms with Gasteiger partial charge in [0.15, 0.2) is 0 Å². The number of ether oxygens (including phenoxy) is 2. The first kappa shape index (κ1) is 15.1. The first-order chi connectivity index (χ1) is 8.52. The SMILES string of the molecule is COc1ccc(OC)c(CNS(=O)(=O)CCCl)c1. The molecule has 0 aromatic heterocycles. The van der Waals surface area contributed by atoms with Crippen LogP contribution in [0.15, 0.2) is 18.2 Å². The minimum Gasteiger partial charge on any atom is -0.497 e. The number of hydrogen-bond donors (Lipinski definition) is 1. The molecule has 0 spiro atoms. The second kappa shape index (κ2) is 6.82. The summed E-state index contributed by atoms with van der Waals surface area (Å²) in [5.74, 6) is 1.19. The fraction of sp³-hybridized carbons (Fsp3) is 0.455. The van der Waals surface area contributed by atoms with Crippen LogP contribution in [0.3, 0.4) is 0 Å². The van der Waals surface area contributed by atoms with Crippen LogP contribution in [0.1, 0.15) is 5.56 Å². The third-order valence-corrected chi connectivity index (χ3v) is 4.05. The molecule has 7 heteroatoms. The molecule has 0 radical (unpaired) electrons. The van der Waals surface area contributed by atoms with Crippen molar-refractivity contribution in [2.75, 3.05) is 25.9 Å². The Balaban J connectivity index is 2.83. The number of nitrogens with one attached hydrogen (secondary N) is 1. The molecule has 0 bridgehead atoms. The van der Waals surface area contributed by atoms with Crippen LogP contribution in [-0.2, 0) is 16.6 Å². The van der Waals surface area contributed by atoms with Crippen LogP contribution < -0.4 is 14.2 Å². The number of hydrogen-bond acceptors (Lipinski definition) is 4. The molecule has 0 heterocycles. The fourth-order valence-corrected chi connectivity index (χ4v) is 2.71. The minimum absolute atomic E-state index is 0.0601. The maximum atomic E-state index is 11.5. The predicted molar refractivity (Wildman–Crippen MR) is 70.9 cm³/mol. The van der Waals surface area contributed by atoms with E-state index in [0.717, 1.165) is 0 Å². The topological polar surface area (TPSA) is 64.6 Å². The molecule has 0 aliphatic heterocycles. The molecular formula is C11H16ClNO4S. The van der Waals surface area contributed by atoms with E-state index in [-0.39, 0.29) is 18.2 Å². The Morgan fingerprint density at radius 2 is 2.00 bits per heavy atom. The van der Waals surface area contributed by atoms with Gasteiger partial charge in [-0.05, 0) is 18.2 Å². The van der Waals surface area contributed by atoms with Crippen molar-refractivity contribution in [3.05, 3.63) is 23.8 Å². The van der Waals surface area contributed by atoms with Crippen molar-refractivity contribution in [2.45, 2.75) is 6.54 Å². The first-order valence-electron chi connectivity index (χ1n) is 5.26. The maximum absolute atomic E-state index is 11.5. The fourth-order valence-electron chi connectivity index (χ4n) is 1.38. The predicted octanol–water partition coefficient (Wildman–Crippen LogP) is 1.36. The monoisotopic (exact) mass is 293 g/mol. The zero-order valence-electron chi connectivity index (χ0n) is 10.3. The van der Waals surface area contributed by atoms with Gasteiger partial charge in [0.25, 0.3) is 0 Å². The second-order valence-electron chi connectivity index (χ2n) is 3.51. The van der Waals surface area contributed by atoms with Crippen LogP contribution in [0, 0.1) is 0 Å². The van der Waals surface area contributed by atoms with Gasteiger partial charge < -0.3 is 9.47 Å². The number of methoxy groups -OCH3 is 2. The van der Waals surface area contributed by atoms with Crippen LogP contribution in [0.25, 0.3) is 0 Å². The van der Waals surface area contributed by atoms with Gasteiger partial charge in [-0.3, -0.25) is 0 Å². The summed E-state index contributed by atoms with van der Waals surface area (Å²) < 4.78 is 35.7. The number of sulfonamides is 1. The van der Waals surface area contributed by atoms with Gasteiger partial charge in [-0.2, -0.15) is 0 Å². The van der Waals surface area contributed by atoms with Crippen LogP contribution in [-0.4, -0.2) is 34.3 Å². The van der Waals surface area contributed by atoms with Crippen molar-refractivity contribution >= 4 is 21.6 Å². The van der Waals surface area contributed by atoms with Crippen LogP contribution in [0.4, 0.5) is 0 Å². The molecule has 0 amide bonds. The molecule has 0 fully saturated rings. The summed E-state index contributed by atoms with van der Waals surface area (Å²) in [7, 11) is -0.281. The molecule has 18 heavy (non-hydrogen) atoms. The highest BCUT2D eigenvalue weighted by atomic mass is 35.5. The lowest BCUT2D eigenvalue weighted by atomic mass is 10.2. The van der Waals surface area contributed by atoms with Gasteiger partial charge in [0.2, 0.25) is 10.0 Å². The molecule has 1 aromatic carbocycles. The summed E-state index contributed by atoms with van der Waals surface area (Å²) >= 11 is 5.41. The maximum Gasteiger partial charge on any atom is 0.213 e. The van der Waals surface area contributed by atoms with E-state index in [1.165, 1.54) is 7.11 Å². The lowest BCUT2D eigenvalue weighted by Crippen LogP contribution is -2.26. The van der Waals surface area contributed by atoms with E-state index in [1.54, 1.807) is 25.3 Å². The van der Waals surface area contributed by atoms with E-state index in [4.69, 9.17) is 21.1 Å². The zero-order valence-corrected chi connectivity index (χ0v) is 11.8. The molecule has 102 valence electrons. The van der Waals surface area contributed by atoms with Gasteiger partial charge in [0.05, 0.1) is 20.0 Å². The first-order valence-corrected chi connectivity index (χ1v) is 7.45. The summed E-state index contributed by atoms with van der Waals surface area (Å²) in [5, 5.41) is 0. The van der Waals surface area contributed by atoms with Gasteiger partial charge in [-0.15, -0.1) is 11.6 Å². The lowest BCUT2D eigenvalue weighted by molar-refractivity contribution is 0.398. The quantitative estimate of drug-likeness (QED) is 0.771. The van der Waals surface area contributed by atoms with Crippen molar-refractivity contribution < 1.29 is 17.9 Å². The number of rotatable bonds is 7. The Labute approximate surface area is 112 Å². The Morgan fingerprint density at radius 1 is 1.28 bits per heavy atom. The summed E-state index contributed by atoms with van der Waals surface area (Å²) in [6, 6.07) is 5.20. The molecule has 0 aliphatic rings. The van der Waals surface area contributed by atoms with Crippen LogP contribution in [0.5, 0.6) is 11.5 Å². The lowest BCUT2D eigenvalue weighted by Gasteiger charge is -2.11.